The Labute approximate surface area is 199 Å². The number of ether oxygens (including phenoxy) is 4. The van der Waals surface area contributed by atoms with E-state index in [9.17, 15) is 9.59 Å². The molecule has 0 aliphatic carbocycles. The number of benzene rings is 2. The highest BCUT2D eigenvalue weighted by Gasteiger charge is 2.19. The molecule has 0 aromatic heterocycles. The van der Waals surface area contributed by atoms with Crippen LogP contribution in [0, 0.1) is 5.92 Å². The molecule has 0 bridgehead atoms. The van der Waals surface area contributed by atoms with Crippen molar-refractivity contribution in [2.45, 2.75) is 26.3 Å². The second-order valence-corrected chi connectivity index (χ2v) is 7.82. The lowest BCUT2D eigenvalue weighted by molar-refractivity contribution is -0.123. The number of carboxylic acid groups (broad SMARTS) is 1. The highest BCUT2D eigenvalue weighted by atomic mass is 16.7. The van der Waals surface area contributed by atoms with E-state index in [2.05, 4.69) is 5.32 Å². The van der Waals surface area contributed by atoms with Crippen molar-refractivity contribution >= 4 is 24.2 Å². The van der Waals surface area contributed by atoms with Gasteiger partial charge in [0.05, 0.1) is 27.4 Å². The van der Waals surface area contributed by atoms with Crippen LogP contribution in [0.5, 0.6) is 23.0 Å². The van der Waals surface area contributed by atoms with E-state index in [1.165, 1.54) is 13.2 Å². The minimum atomic E-state index is -1.45. The van der Waals surface area contributed by atoms with Gasteiger partial charge in [0.1, 0.15) is 11.5 Å². The van der Waals surface area contributed by atoms with E-state index in [1.807, 2.05) is 38.1 Å². The fourth-order valence-corrected chi connectivity index (χ4v) is 3.28. The zero-order valence-corrected chi connectivity index (χ0v) is 20.1. The minimum Gasteiger partial charge on any atom is -0.497 e. The number of amides is 1. The first kappa shape index (κ1) is 26.5. The molecule has 34 heavy (non-hydrogen) atoms. The van der Waals surface area contributed by atoms with Crippen LogP contribution >= 0.6 is 0 Å². The van der Waals surface area contributed by atoms with Crippen LogP contribution in [0.2, 0.25) is 0 Å². The number of nitrogens with two attached hydrogens (primary N) is 1. The van der Waals surface area contributed by atoms with Gasteiger partial charge < -0.3 is 35.1 Å². The highest BCUT2D eigenvalue weighted by Crippen LogP contribution is 2.35. The van der Waals surface area contributed by atoms with Crippen LogP contribution in [0.4, 0.5) is 4.79 Å². The van der Waals surface area contributed by atoms with Crippen molar-refractivity contribution in [3.8, 4) is 23.0 Å². The Morgan fingerprint density at radius 3 is 2.21 bits per heavy atom. The van der Waals surface area contributed by atoms with E-state index >= 15 is 0 Å². The molecule has 0 spiro atoms. The zero-order valence-electron chi connectivity index (χ0n) is 20.1. The molecule has 4 N–H and O–H groups in total. The molecule has 1 atom stereocenters. The Kier molecular flexibility index (Phi) is 9.76. The molecule has 0 radical (unpaired) electrons. The van der Waals surface area contributed by atoms with Gasteiger partial charge in [-0.05, 0) is 41.7 Å². The monoisotopic (exact) mass is 472 g/mol. The molecule has 1 amide bonds. The van der Waals surface area contributed by atoms with E-state index in [4.69, 9.17) is 29.8 Å². The number of hydrogen-bond donors (Lipinski definition) is 3. The summed E-state index contributed by atoms with van der Waals surface area (Å²) in [6.07, 6.45) is 2.64. The fraction of sp³-hybridized carbons (Fsp3) is 0.360. The van der Waals surface area contributed by atoms with Crippen molar-refractivity contribution in [1.29, 1.82) is 0 Å². The first-order chi connectivity index (χ1) is 16.2. The summed E-state index contributed by atoms with van der Waals surface area (Å²) >= 11 is 0. The quantitative estimate of drug-likeness (QED) is 0.257. The van der Waals surface area contributed by atoms with Crippen molar-refractivity contribution < 1.29 is 33.6 Å². The van der Waals surface area contributed by atoms with E-state index < -0.39 is 12.2 Å². The maximum Gasteiger partial charge on any atom is 0.511 e. The molecule has 0 fully saturated rings. The molecule has 2 aromatic rings. The highest BCUT2D eigenvalue weighted by molar-refractivity contribution is 5.82. The molecule has 0 aliphatic rings. The zero-order chi connectivity index (χ0) is 25.3. The van der Waals surface area contributed by atoms with Crippen molar-refractivity contribution in [3.05, 3.63) is 47.0 Å². The van der Waals surface area contributed by atoms with Gasteiger partial charge in [-0.2, -0.15) is 0 Å². The summed E-state index contributed by atoms with van der Waals surface area (Å²) in [7, 11) is 4.58. The van der Waals surface area contributed by atoms with E-state index in [0.717, 1.165) is 11.1 Å². The average molecular weight is 473 g/mol. The van der Waals surface area contributed by atoms with Gasteiger partial charge in [-0.25, -0.2) is 4.79 Å². The Morgan fingerprint density at radius 1 is 1.03 bits per heavy atom. The molecule has 1 unspecified atom stereocenters. The number of hydrogen-bond acceptors (Lipinski definition) is 7. The van der Waals surface area contributed by atoms with Gasteiger partial charge in [-0.1, -0.05) is 32.1 Å². The molecule has 2 aromatic carbocycles. The van der Waals surface area contributed by atoms with Crippen LogP contribution in [-0.4, -0.2) is 51.1 Å². The molecular formula is C25H32N2O7. The van der Waals surface area contributed by atoms with E-state index in [-0.39, 0.29) is 29.9 Å². The summed E-state index contributed by atoms with van der Waals surface area (Å²) in [5.74, 6) is 1.37. The standard InChI is InChI=1S/C25H32N2O7/c1-15(2)22(26)24(28)27-11-10-20-17(8-9-21(23(20)33-5)34-25(29)30)7-6-16-12-18(31-3)14-19(13-16)32-4/h6-9,12-15,22H,10-11,26H2,1-5H3,(H,27,28)(H,29,30)/b7-6+. The summed E-state index contributed by atoms with van der Waals surface area (Å²) in [5.41, 5.74) is 8.18. The number of carbonyl (C=O) groups is 2. The Morgan fingerprint density at radius 2 is 1.68 bits per heavy atom. The first-order valence-electron chi connectivity index (χ1n) is 10.7. The van der Waals surface area contributed by atoms with E-state index in [0.29, 0.717) is 23.5 Å². The molecule has 9 heteroatoms. The average Bonchev–Trinajstić information content (AvgIpc) is 2.82. The van der Waals surface area contributed by atoms with Gasteiger partial charge in [-0.3, -0.25) is 4.79 Å². The van der Waals surface area contributed by atoms with Gasteiger partial charge in [0.2, 0.25) is 5.91 Å². The number of rotatable bonds is 11. The summed E-state index contributed by atoms with van der Waals surface area (Å²) in [6.45, 7) is 4.02. The number of methoxy groups -OCH3 is 3. The topological polar surface area (TPSA) is 129 Å². The Bertz CT molecular complexity index is 1010. The molecule has 0 saturated carbocycles. The predicted molar refractivity (Wildman–Crippen MR) is 130 cm³/mol. The molecule has 2 rings (SSSR count). The predicted octanol–water partition coefficient (Wildman–Crippen LogP) is 3.58. The lowest BCUT2D eigenvalue weighted by atomic mass is 10.0. The summed E-state index contributed by atoms with van der Waals surface area (Å²) in [6, 6.07) is 8.11. The van der Waals surface area contributed by atoms with Gasteiger partial charge in [0.15, 0.2) is 11.5 Å². The lowest BCUT2D eigenvalue weighted by Crippen LogP contribution is -2.44. The smallest absolute Gasteiger partial charge is 0.497 e. The maximum atomic E-state index is 12.3. The lowest BCUT2D eigenvalue weighted by Gasteiger charge is -2.18. The summed E-state index contributed by atoms with van der Waals surface area (Å²) in [5, 5.41) is 11.9. The van der Waals surface area contributed by atoms with Crippen molar-refractivity contribution in [3.63, 3.8) is 0 Å². The minimum absolute atomic E-state index is 0.000167. The fourth-order valence-electron chi connectivity index (χ4n) is 3.28. The second kappa shape index (κ2) is 12.5. The van der Waals surface area contributed by atoms with Gasteiger partial charge >= 0.3 is 6.16 Å². The third kappa shape index (κ3) is 7.14. The molecule has 0 aliphatic heterocycles. The van der Waals surface area contributed by atoms with Crippen LogP contribution < -0.4 is 30.0 Å². The molecule has 184 valence electrons. The largest absolute Gasteiger partial charge is 0.511 e. The van der Waals surface area contributed by atoms with Crippen LogP contribution in [0.1, 0.15) is 30.5 Å². The molecule has 0 heterocycles. The first-order valence-corrected chi connectivity index (χ1v) is 10.7. The molecular weight excluding hydrogens is 440 g/mol. The SMILES string of the molecule is COc1cc(/C=C/c2ccc(OC(=O)O)c(OC)c2CCNC(=O)C(N)C(C)C)cc(OC)c1. The van der Waals surface area contributed by atoms with Gasteiger partial charge in [0.25, 0.3) is 0 Å². The Balaban J connectivity index is 2.39. The third-order valence-electron chi connectivity index (χ3n) is 5.19. The number of nitrogens with one attached hydrogen (secondary N) is 1. The van der Waals surface area contributed by atoms with Gasteiger partial charge in [-0.15, -0.1) is 0 Å². The van der Waals surface area contributed by atoms with Crippen LogP contribution in [0.15, 0.2) is 30.3 Å². The van der Waals surface area contributed by atoms with Crippen molar-refractivity contribution in [1.82, 2.24) is 5.32 Å². The van der Waals surface area contributed by atoms with Crippen LogP contribution in [-0.2, 0) is 11.2 Å². The van der Waals surface area contributed by atoms with Crippen molar-refractivity contribution in [2.24, 2.45) is 11.7 Å². The van der Waals surface area contributed by atoms with Gasteiger partial charge in [0, 0.05) is 18.2 Å². The maximum absolute atomic E-state index is 12.3. The third-order valence-corrected chi connectivity index (χ3v) is 5.19. The molecule has 0 saturated heterocycles. The summed E-state index contributed by atoms with van der Waals surface area (Å²) < 4.78 is 21.0. The van der Waals surface area contributed by atoms with Crippen molar-refractivity contribution in [2.75, 3.05) is 27.9 Å². The van der Waals surface area contributed by atoms with Crippen LogP contribution in [0.3, 0.4) is 0 Å². The second-order valence-electron chi connectivity index (χ2n) is 7.82. The Hall–Kier alpha value is -3.72. The molecule has 9 nitrogen and oxygen atoms in total. The van der Waals surface area contributed by atoms with E-state index in [1.54, 1.807) is 26.4 Å². The normalized spacial score (nSPS) is 11.9. The summed E-state index contributed by atoms with van der Waals surface area (Å²) in [4.78, 5) is 23.4. The number of carbonyl (C=O) groups excluding carboxylic acids is 1. The van der Waals surface area contributed by atoms with Crippen LogP contribution in [0.25, 0.3) is 12.2 Å².